The molecule has 0 N–H and O–H groups in total. The first-order valence-electron chi connectivity index (χ1n) is 19.1. The second-order valence-corrected chi connectivity index (χ2v) is 15.7. The molecule has 0 unspecified atom stereocenters. The molecule has 1 aliphatic rings. The van der Waals surface area contributed by atoms with Crippen molar-refractivity contribution in [2.45, 2.75) is 38.5 Å². The van der Waals surface area contributed by atoms with Crippen LogP contribution < -0.4 is 0 Å². The number of benzene rings is 8. The Bertz CT molecular complexity index is 2310. The smallest absolute Gasteiger partial charge is 0.0152 e. The van der Waals surface area contributed by atoms with Gasteiger partial charge in [-0.05, 0) is 101 Å². The molecule has 0 nitrogen and oxygen atoms in total. The Morgan fingerprint density at radius 1 is 0.241 bits per heavy atom. The number of rotatable bonds is 6. The van der Waals surface area contributed by atoms with Crippen LogP contribution in [0.1, 0.15) is 49.9 Å². The van der Waals surface area contributed by atoms with Crippen LogP contribution in [0.4, 0.5) is 0 Å². The first kappa shape index (κ1) is 33.6. The molecule has 260 valence electrons. The van der Waals surface area contributed by atoms with Gasteiger partial charge in [0, 0.05) is 10.8 Å². The summed E-state index contributed by atoms with van der Waals surface area (Å²) in [6, 6.07) is 71.4. The van der Waals surface area contributed by atoms with E-state index in [0.717, 1.165) is 0 Å². The predicted molar refractivity (Wildman–Crippen MR) is 230 cm³/mol. The molecule has 0 saturated heterocycles. The van der Waals surface area contributed by atoms with Gasteiger partial charge in [-0.15, -0.1) is 0 Å². The molecule has 8 aromatic rings. The highest BCUT2D eigenvalue weighted by molar-refractivity contribution is 5.96. The van der Waals surface area contributed by atoms with E-state index in [0.29, 0.717) is 0 Å². The van der Waals surface area contributed by atoms with E-state index < -0.39 is 0 Å². The van der Waals surface area contributed by atoms with Crippen LogP contribution in [0.15, 0.2) is 194 Å². The van der Waals surface area contributed by atoms with Crippen LogP contribution >= 0.6 is 0 Å². The maximum atomic E-state index is 2.50. The zero-order chi connectivity index (χ0) is 36.9. The Kier molecular flexibility index (Phi) is 8.28. The molecule has 0 amide bonds. The third kappa shape index (κ3) is 5.62. The molecule has 8 aromatic carbocycles. The second-order valence-electron chi connectivity index (χ2n) is 15.7. The zero-order valence-electron chi connectivity index (χ0n) is 31.5. The van der Waals surface area contributed by atoms with E-state index in [1.807, 2.05) is 0 Å². The van der Waals surface area contributed by atoms with Gasteiger partial charge in [0.15, 0.2) is 0 Å². The third-order valence-electron chi connectivity index (χ3n) is 11.8. The standard InChI is InChI=1S/C54H44/c1-53(2)47-33-31-42(52-45(39-23-13-7-14-24-39)29-18-30-46(52)40-25-15-8-16-26-40)36-50(47)54(3,4)48-34-32-41(35-49(48)53)51-43(37-19-9-5-10-20-37)27-17-28-44(51)38-21-11-6-12-22-38/h5-36H,1-4H3. The minimum absolute atomic E-state index is 0.218. The summed E-state index contributed by atoms with van der Waals surface area (Å²) in [5, 5.41) is 0. The SMILES string of the molecule is CC1(C)c2ccc(-c3c(-c4ccccc4)cccc3-c3ccccc3)cc2C(C)(C)c2ccc(-c3c(-c4ccccc4)cccc3-c3ccccc3)cc21. The quantitative estimate of drug-likeness (QED) is 0.163. The summed E-state index contributed by atoms with van der Waals surface area (Å²) >= 11 is 0. The maximum Gasteiger partial charge on any atom is 0.0152 e. The highest BCUT2D eigenvalue weighted by Gasteiger charge is 2.42. The molecule has 0 heterocycles. The van der Waals surface area contributed by atoms with Gasteiger partial charge in [-0.1, -0.05) is 210 Å². The molecule has 0 aromatic heterocycles. The van der Waals surface area contributed by atoms with Gasteiger partial charge < -0.3 is 0 Å². The highest BCUT2D eigenvalue weighted by atomic mass is 14.4. The molecule has 0 heteroatoms. The van der Waals surface area contributed by atoms with Crippen molar-refractivity contribution in [2.24, 2.45) is 0 Å². The molecule has 0 aliphatic heterocycles. The lowest BCUT2D eigenvalue weighted by atomic mass is 9.59. The van der Waals surface area contributed by atoms with Crippen molar-refractivity contribution in [1.82, 2.24) is 0 Å². The number of hydrogen-bond acceptors (Lipinski definition) is 0. The summed E-state index contributed by atoms with van der Waals surface area (Å²) in [6.07, 6.45) is 0. The highest BCUT2D eigenvalue weighted by Crippen LogP contribution is 2.53. The van der Waals surface area contributed by atoms with Crippen molar-refractivity contribution in [3.8, 4) is 66.8 Å². The third-order valence-corrected chi connectivity index (χ3v) is 11.8. The lowest BCUT2D eigenvalue weighted by molar-refractivity contribution is 0.521. The van der Waals surface area contributed by atoms with Crippen LogP contribution in [0.5, 0.6) is 0 Å². The van der Waals surface area contributed by atoms with E-state index in [2.05, 4.69) is 222 Å². The monoisotopic (exact) mass is 692 g/mol. The predicted octanol–water partition coefficient (Wildman–Crippen LogP) is 14.7. The average Bonchev–Trinajstić information content (AvgIpc) is 3.23. The van der Waals surface area contributed by atoms with Gasteiger partial charge >= 0.3 is 0 Å². The molecule has 0 bridgehead atoms. The largest absolute Gasteiger partial charge is 0.0622 e. The normalized spacial score (nSPS) is 13.9. The van der Waals surface area contributed by atoms with E-state index in [1.54, 1.807) is 0 Å². The summed E-state index contributed by atoms with van der Waals surface area (Å²) < 4.78 is 0. The van der Waals surface area contributed by atoms with Crippen LogP contribution in [0.2, 0.25) is 0 Å². The Balaban J connectivity index is 1.23. The molecule has 0 saturated carbocycles. The Morgan fingerprint density at radius 2 is 0.519 bits per heavy atom. The molecule has 0 atom stereocenters. The summed E-state index contributed by atoms with van der Waals surface area (Å²) in [5.74, 6) is 0. The molecule has 1 aliphatic carbocycles. The van der Waals surface area contributed by atoms with Gasteiger partial charge in [-0.2, -0.15) is 0 Å². The fraction of sp³-hybridized carbons (Fsp3) is 0.111. The zero-order valence-corrected chi connectivity index (χ0v) is 31.5. The van der Waals surface area contributed by atoms with Gasteiger partial charge in [0.05, 0.1) is 0 Å². The van der Waals surface area contributed by atoms with Crippen molar-refractivity contribution in [2.75, 3.05) is 0 Å². The van der Waals surface area contributed by atoms with Crippen LogP contribution in [-0.2, 0) is 10.8 Å². The fourth-order valence-electron chi connectivity index (χ4n) is 8.97. The first-order valence-corrected chi connectivity index (χ1v) is 19.1. The van der Waals surface area contributed by atoms with Gasteiger partial charge in [0.2, 0.25) is 0 Å². The molecule has 0 radical (unpaired) electrons. The van der Waals surface area contributed by atoms with E-state index >= 15 is 0 Å². The van der Waals surface area contributed by atoms with Gasteiger partial charge in [0.25, 0.3) is 0 Å². The molecule has 0 fully saturated rings. The van der Waals surface area contributed by atoms with Crippen LogP contribution in [-0.4, -0.2) is 0 Å². The summed E-state index contributed by atoms with van der Waals surface area (Å²) in [7, 11) is 0. The number of hydrogen-bond donors (Lipinski definition) is 0. The molecule has 0 spiro atoms. The first-order chi connectivity index (χ1) is 26.3. The summed E-state index contributed by atoms with van der Waals surface area (Å²) in [6.45, 7) is 9.66. The molecular weight excluding hydrogens is 649 g/mol. The van der Waals surface area contributed by atoms with Gasteiger partial charge in [0.1, 0.15) is 0 Å². The average molecular weight is 693 g/mol. The molecule has 54 heavy (non-hydrogen) atoms. The van der Waals surface area contributed by atoms with Crippen molar-refractivity contribution in [3.63, 3.8) is 0 Å². The van der Waals surface area contributed by atoms with E-state index in [-0.39, 0.29) is 10.8 Å². The van der Waals surface area contributed by atoms with Gasteiger partial charge in [-0.3, -0.25) is 0 Å². The Hall–Kier alpha value is -6.24. The van der Waals surface area contributed by atoms with E-state index in [4.69, 9.17) is 0 Å². The van der Waals surface area contributed by atoms with Gasteiger partial charge in [-0.25, -0.2) is 0 Å². The summed E-state index contributed by atoms with van der Waals surface area (Å²) in [5.41, 5.74) is 20.1. The maximum absolute atomic E-state index is 2.50. The Labute approximate surface area is 320 Å². The second kappa shape index (κ2) is 13.3. The molecule has 9 rings (SSSR count). The lowest BCUT2D eigenvalue weighted by Gasteiger charge is -2.44. The van der Waals surface area contributed by atoms with Crippen molar-refractivity contribution < 1.29 is 0 Å². The van der Waals surface area contributed by atoms with Crippen molar-refractivity contribution in [1.29, 1.82) is 0 Å². The van der Waals surface area contributed by atoms with E-state index in [9.17, 15) is 0 Å². The van der Waals surface area contributed by atoms with E-state index in [1.165, 1.54) is 89.0 Å². The van der Waals surface area contributed by atoms with Crippen molar-refractivity contribution >= 4 is 0 Å². The molecular formula is C54H44. The number of fused-ring (bicyclic) bond motifs is 2. The topological polar surface area (TPSA) is 0 Å². The Morgan fingerprint density at radius 3 is 0.796 bits per heavy atom. The summed E-state index contributed by atoms with van der Waals surface area (Å²) in [4.78, 5) is 0. The van der Waals surface area contributed by atoms with Crippen LogP contribution in [0.3, 0.4) is 0 Å². The lowest BCUT2D eigenvalue weighted by Crippen LogP contribution is -2.36. The fourth-order valence-corrected chi connectivity index (χ4v) is 8.97. The minimum Gasteiger partial charge on any atom is -0.0622 e. The van der Waals surface area contributed by atoms with Crippen LogP contribution in [0, 0.1) is 0 Å². The van der Waals surface area contributed by atoms with Crippen molar-refractivity contribution in [3.05, 3.63) is 216 Å². The van der Waals surface area contributed by atoms with Crippen LogP contribution in [0.25, 0.3) is 66.8 Å². The minimum atomic E-state index is -0.218.